The molecule has 2 rings (SSSR count). The standard InChI is InChI=1S/C14H27N3O2/c1-4-15-13-9-19-8-12(13)14(18)16-7-10(2)17(3)11-5-6-11/h10-13,15H,4-9H2,1-3H3,(H,16,18). The molecule has 2 fully saturated rings. The molecule has 2 N–H and O–H groups in total. The van der Waals surface area contributed by atoms with Crippen molar-refractivity contribution in [3.8, 4) is 0 Å². The van der Waals surface area contributed by atoms with E-state index in [1.165, 1.54) is 12.8 Å². The molecule has 110 valence electrons. The van der Waals surface area contributed by atoms with Gasteiger partial charge in [0.15, 0.2) is 0 Å². The van der Waals surface area contributed by atoms with Crippen LogP contribution in [0.15, 0.2) is 0 Å². The predicted octanol–water partition coefficient (Wildman–Crippen LogP) is 0.210. The van der Waals surface area contributed by atoms with Crippen LogP contribution in [-0.4, -0.2) is 62.3 Å². The van der Waals surface area contributed by atoms with E-state index >= 15 is 0 Å². The molecule has 1 amide bonds. The van der Waals surface area contributed by atoms with Crippen LogP contribution in [0.5, 0.6) is 0 Å². The van der Waals surface area contributed by atoms with Crippen molar-refractivity contribution in [2.45, 2.75) is 44.8 Å². The Labute approximate surface area is 116 Å². The highest BCUT2D eigenvalue weighted by atomic mass is 16.5. The Bertz CT molecular complexity index is 307. The lowest BCUT2D eigenvalue weighted by atomic mass is 10.0. The van der Waals surface area contributed by atoms with Crippen molar-refractivity contribution in [1.82, 2.24) is 15.5 Å². The molecule has 1 aliphatic carbocycles. The van der Waals surface area contributed by atoms with E-state index in [0.717, 1.165) is 19.1 Å². The monoisotopic (exact) mass is 269 g/mol. The summed E-state index contributed by atoms with van der Waals surface area (Å²) in [7, 11) is 2.15. The van der Waals surface area contributed by atoms with Crippen molar-refractivity contribution in [3.63, 3.8) is 0 Å². The molecule has 0 radical (unpaired) electrons. The van der Waals surface area contributed by atoms with Gasteiger partial charge < -0.3 is 15.4 Å². The minimum Gasteiger partial charge on any atom is -0.379 e. The number of amides is 1. The number of carbonyl (C=O) groups is 1. The Kier molecular flexibility index (Phi) is 5.19. The van der Waals surface area contributed by atoms with Gasteiger partial charge in [0.05, 0.1) is 19.1 Å². The van der Waals surface area contributed by atoms with E-state index in [0.29, 0.717) is 19.3 Å². The maximum atomic E-state index is 12.2. The largest absolute Gasteiger partial charge is 0.379 e. The quantitative estimate of drug-likeness (QED) is 0.694. The molecule has 1 heterocycles. The highest BCUT2D eigenvalue weighted by molar-refractivity contribution is 5.79. The molecule has 19 heavy (non-hydrogen) atoms. The van der Waals surface area contributed by atoms with Gasteiger partial charge in [-0.3, -0.25) is 9.69 Å². The number of ether oxygens (including phenoxy) is 1. The summed E-state index contributed by atoms with van der Waals surface area (Å²) in [5.74, 6) is 0.0814. The van der Waals surface area contributed by atoms with Crippen LogP contribution in [-0.2, 0) is 9.53 Å². The molecular weight excluding hydrogens is 242 g/mol. The molecule has 3 atom stereocenters. The van der Waals surface area contributed by atoms with E-state index in [1.807, 2.05) is 0 Å². The number of hydrogen-bond acceptors (Lipinski definition) is 4. The number of carbonyl (C=O) groups excluding carboxylic acids is 1. The normalized spacial score (nSPS) is 28.6. The van der Waals surface area contributed by atoms with E-state index in [2.05, 4.69) is 36.4 Å². The van der Waals surface area contributed by atoms with Crippen LogP contribution < -0.4 is 10.6 Å². The van der Waals surface area contributed by atoms with Crippen molar-refractivity contribution in [2.24, 2.45) is 5.92 Å². The van der Waals surface area contributed by atoms with E-state index in [-0.39, 0.29) is 17.9 Å². The summed E-state index contributed by atoms with van der Waals surface area (Å²) in [6.45, 7) is 7.01. The smallest absolute Gasteiger partial charge is 0.227 e. The maximum absolute atomic E-state index is 12.2. The van der Waals surface area contributed by atoms with Crippen LogP contribution >= 0.6 is 0 Å². The van der Waals surface area contributed by atoms with Gasteiger partial charge in [-0.05, 0) is 33.4 Å². The van der Waals surface area contributed by atoms with Crippen LogP contribution in [0.3, 0.4) is 0 Å². The molecule has 0 aromatic carbocycles. The molecule has 0 spiro atoms. The number of rotatable bonds is 7. The van der Waals surface area contributed by atoms with Crippen molar-refractivity contribution >= 4 is 5.91 Å². The fraction of sp³-hybridized carbons (Fsp3) is 0.929. The first kappa shape index (κ1) is 14.8. The molecule has 1 saturated carbocycles. The van der Waals surface area contributed by atoms with Crippen LogP contribution in [0, 0.1) is 5.92 Å². The van der Waals surface area contributed by atoms with Gasteiger partial charge in [0, 0.05) is 24.7 Å². The van der Waals surface area contributed by atoms with Gasteiger partial charge in [0.1, 0.15) is 0 Å². The van der Waals surface area contributed by atoms with E-state index in [4.69, 9.17) is 4.74 Å². The predicted molar refractivity (Wildman–Crippen MR) is 75.0 cm³/mol. The van der Waals surface area contributed by atoms with E-state index in [1.54, 1.807) is 0 Å². The Hall–Kier alpha value is -0.650. The van der Waals surface area contributed by atoms with Crippen molar-refractivity contribution < 1.29 is 9.53 Å². The van der Waals surface area contributed by atoms with Crippen molar-refractivity contribution in [3.05, 3.63) is 0 Å². The molecular formula is C14H27N3O2. The third-order valence-electron chi connectivity index (χ3n) is 4.27. The average Bonchev–Trinajstić information content (AvgIpc) is 3.15. The van der Waals surface area contributed by atoms with Crippen LogP contribution in [0.25, 0.3) is 0 Å². The summed E-state index contributed by atoms with van der Waals surface area (Å²) in [6.07, 6.45) is 2.60. The second-order valence-corrected chi connectivity index (χ2v) is 5.80. The first-order valence-corrected chi connectivity index (χ1v) is 7.44. The third-order valence-corrected chi connectivity index (χ3v) is 4.27. The zero-order chi connectivity index (χ0) is 13.8. The minimum absolute atomic E-state index is 0.0432. The summed E-state index contributed by atoms with van der Waals surface area (Å²) >= 11 is 0. The number of likely N-dealkylation sites (N-methyl/N-ethyl adjacent to an activating group) is 2. The molecule has 0 aromatic rings. The lowest BCUT2D eigenvalue weighted by Crippen LogP contribution is -2.47. The lowest BCUT2D eigenvalue weighted by Gasteiger charge is -2.26. The van der Waals surface area contributed by atoms with Crippen LogP contribution in [0.4, 0.5) is 0 Å². The topological polar surface area (TPSA) is 53.6 Å². The SMILES string of the molecule is CCNC1COCC1C(=O)NCC(C)N(C)C1CC1. The maximum Gasteiger partial charge on any atom is 0.227 e. The van der Waals surface area contributed by atoms with Gasteiger partial charge in [-0.2, -0.15) is 0 Å². The zero-order valence-corrected chi connectivity index (χ0v) is 12.3. The Morgan fingerprint density at radius 2 is 2.16 bits per heavy atom. The number of nitrogens with one attached hydrogen (secondary N) is 2. The summed E-state index contributed by atoms with van der Waals surface area (Å²) in [5, 5.41) is 6.39. The Morgan fingerprint density at radius 1 is 1.42 bits per heavy atom. The minimum atomic E-state index is -0.0432. The van der Waals surface area contributed by atoms with Gasteiger partial charge >= 0.3 is 0 Å². The van der Waals surface area contributed by atoms with Gasteiger partial charge in [0.2, 0.25) is 5.91 Å². The summed E-state index contributed by atoms with van der Waals surface area (Å²) in [4.78, 5) is 14.6. The molecule has 0 aromatic heterocycles. The fourth-order valence-electron chi connectivity index (χ4n) is 2.64. The van der Waals surface area contributed by atoms with Gasteiger partial charge in [0.25, 0.3) is 0 Å². The van der Waals surface area contributed by atoms with Gasteiger partial charge in [-0.1, -0.05) is 6.92 Å². The Morgan fingerprint density at radius 3 is 2.79 bits per heavy atom. The van der Waals surface area contributed by atoms with Gasteiger partial charge in [-0.15, -0.1) is 0 Å². The summed E-state index contributed by atoms with van der Waals surface area (Å²) < 4.78 is 5.41. The zero-order valence-electron chi connectivity index (χ0n) is 12.3. The number of nitrogens with zero attached hydrogens (tertiary/aromatic N) is 1. The molecule has 5 heteroatoms. The van der Waals surface area contributed by atoms with Gasteiger partial charge in [-0.25, -0.2) is 0 Å². The van der Waals surface area contributed by atoms with Crippen LogP contribution in [0.2, 0.25) is 0 Å². The summed E-state index contributed by atoms with van der Waals surface area (Å²) in [5.41, 5.74) is 0. The molecule has 2 aliphatic rings. The van der Waals surface area contributed by atoms with Crippen molar-refractivity contribution in [1.29, 1.82) is 0 Å². The molecule has 1 saturated heterocycles. The van der Waals surface area contributed by atoms with E-state index in [9.17, 15) is 4.79 Å². The molecule has 0 bridgehead atoms. The molecule has 5 nitrogen and oxygen atoms in total. The second kappa shape index (κ2) is 6.68. The first-order valence-electron chi connectivity index (χ1n) is 7.44. The second-order valence-electron chi connectivity index (χ2n) is 5.80. The fourth-order valence-corrected chi connectivity index (χ4v) is 2.64. The highest BCUT2D eigenvalue weighted by Crippen LogP contribution is 2.26. The Balaban J connectivity index is 1.73. The average molecular weight is 269 g/mol. The third kappa shape index (κ3) is 3.91. The molecule has 3 unspecified atom stereocenters. The van der Waals surface area contributed by atoms with E-state index < -0.39 is 0 Å². The van der Waals surface area contributed by atoms with Crippen LogP contribution in [0.1, 0.15) is 26.7 Å². The summed E-state index contributed by atoms with van der Waals surface area (Å²) in [6, 6.07) is 1.30. The highest BCUT2D eigenvalue weighted by Gasteiger charge is 2.34. The molecule has 1 aliphatic heterocycles. The first-order chi connectivity index (χ1) is 9.13. The lowest BCUT2D eigenvalue weighted by molar-refractivity contribution is -0.125. The van der Waals surface area contributed by atoms with Crippen molar-refractivity contribution in [2.75, 3.05) is 33.4 Å². The number of hydrogen-bond donors (Lipinski definition) is 2.